The van der Waals surface area contributed by atoms with Gasteiger partial charge in [-0.2, -0.15) is 0 Å². The van der Waals surface area contributed by atoms with Gasteiger partial charge in [0.25, 0.3) is 8.32 Å². The molecule has 1 amide bonds. The van der Waals surface area contributed by atoms with Crippen LogP contribution in [0.15, 0.2) is 71.3 Å². The van der Waals surface area contributed by atoms with E-state index in [0.717, 1.165) is 6.29 Å². The molecule has 9 nitrogen and oxygen atoms in total. The third-order valence-corrected chi connectivity index (χ3v) is 14.6. The quantitative estimate of drug-likeness (QED) is 0.106. The zero-order chi connectivity index (χ0) is 33.3. The summed E-state index contributed by atoms with van der Waals surface area (Å²) in [6, 6.07) is 22.5. The van der Waals surface area contributed by atoms with Crippen LogP contribution in [0.1, 0.15) is 57.8 Å². The molecule has 1 aromatic heterocycles. The second kappa shape index (κ2) is 13.4. The number of nitrogens with zero attached hydrogens (tertiary/aromatic N) is 3. The predicted octanol–water partition coefficient (Wildman–Crippen LogP) is 6.59. The first-order chi connectivity index (χ1) is 22.5. The fraction of sp³-hybridized carbons (Fsp3) is 0.417. The van der Waals surface area contributed by atoms with E-state index in [9.17, 15) is 9.59 Å². The summed E-state index contributed by atoms with van der Waals surface area (Å²) in [6.45, 7) is 12.6. The summed E-state index contributed by atoms with van der Waals surface area (Å²) in [5.41, 5.74) is 1.30. The van der Waals surface area contributed by atoms with Crippen molar-refractivity contribution in [3.63, 3.8) is 0 Å². The second-order valence-corrected chi connectivity index (χ2v) is 18.2. The Bertz CT molecular complexity index is 1680. The number of fused-ring (bicyclic) bond motifs is 1. The van der Waals surface area contributed by atoms with Gasteiger partial charge in [0.05, 0.1) is 29.3 Å². The van der Waals surface area contributed by atoms with Crippen molar-refractivity contribution in [2.75, 3.05) is 36.1 Å². The van der Waals surface area contributed by atoms with Crippen molar-refractivity contribution in [2.24, 2.45) is 0 Å². The van der Waals surface area contributed by atoms with Crippen molar-refractivity contribution in [1.82, 2.24) is 5.16 Å². The van der Waals surface area contributed by atoms with E-state index in [1.54, 1.807) is 6.07 Å². The highest BCUT2D eigenvalue weighted by molar-refractivity contribution is 6.99. The van der Waals surface area contributed by atoms with E-state index in [1.165, 1.54) is 15.3 Å². The number of benzene rings is 3. The number of hydrogen-bond acceptors (Lipinski definition) is 8. The van der Waals surface area contributed by atoms with E-state index >= 15 is 0 Å². The third kappa shape index (κ3) is 6.19. The Labute approximate surface area is 281 Å². The van der Waals surface area contributed by atoms with Gasteiger partial charge >= 0.3 is 6.09 Å². The second-order valence-electron chi connectivity index (χ2n) is 13.5. The smallest absolute Gasteiger partial charge is 0.416 e. The van der Waals surface area contributed by atoms with Crippen LogP contribution in [0.3, 0.4) is 0 Å². The van der Waals surface area contributed by atoms with Gasteiger partial charge in [-0.05, 0) is 48.2 Å². The molecule has 47 heavy (non-hydrogen) atoms. The Balaban J connectivity index is 1.25. The molecule has 0 N–H and O–H groups in total. The number of aldehydes is 1. The van der Waals surface area contributed by atoms with Crippen LogP contribution in [0.4, 0.5) is 16.3 Å². The minimum atomic E-state index is -2.69. The summed E-state index contributed by atoms with van der Waals surface area (Å²) in [6.07, 6.45) is 1.52. The maximum atomic E-state index is 13.1. The van der Waals surface area contributed by atoms with Crippen LogP contribution in [-0.4, -0.2) is 70.4 Å². The molecule has 248 valence electrons. The van der Waals surface area contributed by atoms with Gasteiger partial charge in [0.1, 0.15) is 11.6 Å². The lowest BCUT2D eigenvalue weighted by Gasteiger charge is -2.43. The molecule has 2 aliphatic rings. The summed E-state index contributed by atoms with van der Waals surface area (Å²) in [7, 11) is -2.69. The number of carbonyl (C=O) groups excluding carboxylic acids is 2. The molecule has 0 aliphatic carbocycles. The van der Waals surface area contributed by atoms with Gasteiger partial charge in [-0.25, -0.2) is 4.79 Å². The van der Waals surface area contributed by atoms with E-state index < -0.39 is 14.4 Å². The van der Waals surface area contributed by atoms with Crippen molar-refractivity contribution in [2.45, 2.75) is 70.7 Å². The highest BCUT2D eigenvalue weighted by Gasteiger charge is 2.50. The van der Waals surface area contributed by atoms with Crippen molar-refractivity contribution in [3.05, 3.63) is 77.3 Å². The van der Waals surface area contributed by atoms with Crippen LogP contribution >= 0.6 is 11.6 Å². The highest BCUT2D eigenvalue weighted by atomic mass is 35.5. The number of anilines is 2. The van der Waals surface area contributed by atoms with Gasteiger partial charge in [-0.1, -0.05) is 98.2 Å². The van der Waals surface area contributed by atoms with E-state index in [-0.39, 0.29) is 34.9 Å². The molecule has 0 spiro atoms. The summed E-state index contributed by atoms with van der Waals surface area (Å²) in [4.78, 5) is 29.1. The Morgan fingerprint density at radius 3 is 2.21 bits per heavy atom. The summed E-state index contributed by atoms with van der Waals surface area (Å²) >= 11 is 6.91. The topological polar surface area (TPSA) is 94.3 Å². The number of ether oxygens (including phenoxy) is 2. The lowest BCUT2D eigenvalue weighted by Crippen LogP contribution is -2.66. The minimum absolute atomic E-state index is 0.0315. The number of hydrogen-bond donors (Lipinski definition) is 0. The first-order valence-corrected chi connectivity index (χ1v) is 18.5. The summed E-state index contributed by atoms with van der Waals surface area (Å²) < 4.78 is 24.2. The molecule has 0 radical (unpaired) electrons. The standard InChI is InChI=1S/C36H42ClN3O6Si/c1-24-20-39(21-25(2)45-24)32-26(22-41)19-30-33(31(32)37)46-38-34(30)40-27(23-43-35(40)42)13-12-18-44-47(36(3,4)5,28-14-8-6-9-15-28)29-16-10-7-11-17-29/h6-11,14-17,19,22,24-25,27H,12-13,18,20-21,23H2,1-5H3/t24-,25-,27+/m1/s1. The van der Waals surface area contributed by atoms with Crippen molar-refractivity contribution >= 4 is 65.1 Å². The molecule has 6 rings (SSSR count). The first-order valence-electron chi connectivity index (χ1n) is 16.2. The predicted molar refractivity (Wildman–Crippen MR) is 187 cm³/mol. The van der Waals surface area contributed by atoms with E-state index in [1.807, 2.05) is 30.9 Å². The fourth-order valence-corrected chi connectivity index (χ4v) is 12.2. The zero-order valence-electron chi connectivity index (χ0n) is 27.6. The molecule has 3 atom stereocenters. The largest absolute Gasteiger partial charge is 0.447 e. The number of aromatic nitrogens is 1. The normalized spacial score (nSPS) is 20.6. The van der Waals surface area contributed by atoms with Gasteiger partial charge in [0.2, 0.25) is 0 Å². The number of cyclic esters (lactones) is 1. The van der Waals surface area contributed by atoms with Crippen LogP contribution in [0.25, 0.3) is 11.0 Å². The molecule has 2 aliphatic heterocycles. The lowest BCUT2D eigenvalue weighted by atomic mass is 10.1. The Morgan fingerprint density at radius 1 is 1.02 bits per heavy atom. The van der Waals surface area contributed by atoms with Gasteiger partial charge in [0.15, 0.2) is 17.7 Å². The zero-order valence-corrected chi connectivity index (χ0v) is 29.3. The molecule has 4 aromatic rings. The summed E-state index contributed by atoms with van der Waals surface area (Å²) in [5, 5.41) is 7.36. The molecule has 0 unspecified atom stereocenters. The van der Waals surface area contributed by atoms with E-state index in [2.05, 4.69) is 74.5 Å². The number of carbonyl (C=O) groups is 2. The van der Waals surface area contributed by atoms with Crippen LogP contribution in [0, 0.1) is 0 Å². The third-order valence-electron chi connectivity index (χ3n) is 9.16. The number of rotatable bonds is 10. The maximum absolute atomic E-state index is 13.1. The van der Waals surface area contributed by atoms with Crippen molar-refractivity contribution in [3.8, 4) is 0 Å². The van der Waals surface area contributed by atoms with Gasteiger partial charge in [-0.15, -0.1) is 0 Å². The Kier molecular flexibility index (Phi) is 9.49. The van der Waals surface area contributed by atoms with Gasteiger partial charge in [-0.3, -0.25) is 9.69 Å². The average Bonchev–Trinajstić information content (AvgIpc) is 3.63. The van der Waals surface area contributed by atoms with Crippen LogP contribution in [-0.2, 0) is 13.9 Å². The van der Waals surface area contributed by atoms with E-state index in [4.69, 9.17) is 30.0 Å². The maximum Gasteiger partial charge on any atom is 0.416 e. The number of amides is 1. The monoisotopic (exact) mass is 675 g/mol. The number of halogens is 1. The molecule has 11 heteroatoms. The van der Waals surface area contributed by atoms with Gasteiger partial charge in [0, 0.05) is 25.3 Å². The fourth-order valence-electron chi connectivity index (χ4n) is 7.22. The van der Waals surface area contributed by atoms with Crippen LogP contribution in [0.5, 0.6) is 0 Å². The molecule has 2 saturated heterocycles. The van der Waals surface area contributed by atoms with Crippen molar-refractivity contribution < 1.29 is 28.0 Å². The Hall–Kier alpha value is -3.70. The van der Waals surface area contributed by atoms with Gasteiger partial charge < -0.3 is 23.3 Å². The molecule has 0 bridgehead atoms. The van der Waals surface area contributed by atoms with E-state index in [0.29, 0.717) is 60.6 Å². The summed E-state index contributed by atoms with van der Waals surface area (Å²) in [5.74, 6) is 0.292. The average molecular weight is 676 g/mol. The SMILES string of the molecule is C[C@@H]1CN(c2c(C=O)cc3c(N4C(=O)OC[C@@H]4CCCO[Si](c4ccccc4)(c4ccccc4)C(C)(C)C)noc3c2Cl)C[C@@H](C)O1. The lowest BCUT2D eigenvalue weighted by molar-refractivity contribution is -0.00524. The first kappa shape index (κ1) is 33.2. The molecular formula is C36H42ClN3O6Si. The molecule has 3 heterocycles. The van der Waals surface area contributed by atoms with Crippen LogP contribution < -0.4 is 20.2 Å². The van der Waals surface area contributed by atoms with Crippen molar-refractivity contribution in [1.29, 1.82) is 0 Å². The number of morpholine rings is 1. The Morgan fingerprint density at radius 2 is 1.64 bits per heavy atom. The molecule has 3 aromatic carbocycles. The highest BCUT2D eigenvalue weighted by Crippen LogP contribution is 2.42. The van der Waals surface area contributed by atoms with Crippen LogP contribution in [0.2, 0.25) is 10.1 Å². The minimum Gasteiger partial charge on any atom is -0.447 e. The molecule has 0 saturated carbocycles. The molecule has 2 fully saturated rings. The molecular weight excluding hydrogens is 634 g/mol.